The third-order valence-corrected chi connectivity index (χ3v) is 3.36. The third-order valence-electron chi connectivity index (χ3n) is 3.36. The summed E-state index contributed by atoms with van der Waals surface area (Å²) in [6.07, 6.45) is 1.48. The van der Waals surface area contributed by atoms with Crippen LogP contribution in [0.5, 0.6) is 17.2 Å². The van der Waals surface area contributed by atoms with Crippen LogP contribution in [0.1, 0.15) is 25.0 Å². The van der Waals surface area contributed by atoms with Crippen molar-refractivity contribution in [3.63, 3.8) is 0 Å². The van der Waals surface area contributed by atoms with Gasteiger partial charge < -0.3 is 15.3 Å². The Kier molecular flexibility index (Phi) is 3.65. The Morgan fingerprint density at radius 1 is 0.842 bits per heavy atom. The molecule has 0 bridgehead atoms. The molecule has 0 aromatic heterocycles. The highest BCUT2D eigenvalue weighted by molar-refractivity contribution is 5.80. The van der Waals surface area contributed by atoms with Gasteiger partial charge in [0, 0.05) is 17.2 Å². The van der Waals surface area contributed by atoms with Crippen LogP contribution >= 0.6 is 0 Å². The summed E-state index contributed by atoms with van der Waals surface area (Å²) in [5.74, 6) is 0.187. The fourth-order valence-corrected chi connectivity index (χ4v) is 2.29. The highest BCUT2D eigenvalue weighted by Crippen LogP contribution is 2.41. The van der Waals surface area contributed by atoms with Crippen molar-refractivity contribution in [3.8, 4) is 28.4 Å². The standard InChI is InChI=1S/C16H18O3/c1-3-10-5-6-11(4-2)16(19)15(10)13-8-7-12(17)9-14(13)18/h5-9,17-19H,3-4H2,1-2H3. The third kappa shape index (κ3) is 2.36. The fourth-order valence-electron chi connectivity index (χ4n) is 2.29. The number of hydrogen-bond acceptors (Lipinski definition) is 3. The van der Waals surface area contributed by atoms with Crippen LogP contribution in [0.25, 0.3) is 11.1 Å². The summed E-state index contributed by atoms with van der Waals surface area (Å²) in [5.41, 5.74) is 3.01. The molecule has 0 unspecified atom stereocenters. The molecule has 3 heteroatoms. The molecular weight excluding hydrogens is 240 g/mol. The van der Waals surface area contributed by atoms with Crippen LogP contribution in [0, 0.1) is 0 Å². The van der Waals surface area contributed by atoms with Crippen LogP contribution in [0.2, 0.25) is 0 Å². The van der Waals surface area contributed by atoms with Crippen LogP contribution in [0.3, 0.4) is 0 Å². The molecule has 2 aromatic rings. The fraction of sp³-hybridized carbons (Fsp3) is 0.250. The maximum atomic E-state index is 10.4. The molecule has 0 saturated heterocycles. The maximum absolute atomic E-state index is 10.4. The highest BCUT2D eigenvalue weighted by Gasteiger charge is 2.16. The van der Waals surface area contributed by atoms with Crippen molar-refractivity contribution in [1.82, 2.24) is 0 Å². The molecule has 0 aliphatic rings. The Hall–Kier alpha value is -2.16. The monoisotopic (exact) mass is 258 g/mol. The molecule has 0 amide bonds. The summed E-state index contributed by atoms with van der Waals surface area (Å²) in [6.45, 7) is 3.97. The van der Waals surface area contributed by atoms with Crippen molar-refractivity contribution in [2.45, 2.75) is 26.7 Å². The van der Waals surface area contributed by atoms with Gasteiger partial charge in [-0.3, -0.25) is 0 Å². The molecule has 3 N–H and O–H groups in total. The predicted molar refractivity (Wildman–Crippen MR) is 75.6 cm³/mol. The quantitative estimate of drug-likeness (QED) is 0.788. The number of hydrogen-bond donors (Lipinski definition) is 3. The van der Waals surface area contributed by atoms with E-state index in [2.05, 4.69) is 0 Å². The van der Waals surface area contributed by atoms with E-state index in [1.165, 1.54) is 12.1 Å². The zero-order valence-corrected chi connectivity index (χ0v) is 11.1. The van der Waals surface area contributed by atoms with Crippen molar-refractivity contribution in [3.05, 3.63) is 41.5 Å². The molecule has 0 atom stereocenters. The molecule has 3 nitrogen and oxygen atoms in total. The number of phenolic OH excluding ortho intramolecular Hbond substituents is 3. The summed E-state index contributed by atoms with van der Waals surface area (Å²) >= 11 is 0. The van der Waals surface area contributed by atoms with E-state index >= 15 is 0 Å². The largest absolute Gasteiger partial charge is 0.508 e. The van der Waals surface area contributed by atoms with Gasteiger partial charge in [-0.1, -0.05) is 26.0 Å². The van der Waals surface area contributed by atoms with Gasteiger partial charge in [0.25, 0.3) is 0 Å². The zero-order chi connectivity index (χ0) is 14.0. The Morgan fingerprint density at radius 2 is 1.47 bits per heavy atom. The van der Waals surface area contributed by atoms with Gasteiger partial charge in [0.05, 0.1) is 0 Å². The number of aryl methyl sites for hydroxylation is 2. The minimum atomic E-state index is -0.0294. The summed E-state index contributed by atoms with van der Waals surface area (Å²) in [6, 6.07) is 8.30. The topological polar surface area (TPSA) is 60.7 Å². The van der Waals surface area contributed by atoms with Gasteiger partial charge in [-0.25, -0.2) is 0 Å². The van der Waals surface area contributed by atoms with Crippen LogP contribution in [-0.2, 0) is 12.8 Å². The van der Waals surface area contributed by atoms with Crippen molar-refractivity contribution >= 4 is 0 Å². The average Bonchev–Trinajstić information content (AvgIpc) is 2.39. The van der Waals surface area contributed by atoms with Crippen LogP contribution in [-0.4, -0.2) is 15.3 Å². The number of rotatable bonds is 3. The van der Waals surface area contributed by atoms with E-state index in [-0.39, 0.29) is 17.2 Å². The van der Waals surface area contributed by atoms with Crippen molar-refractivity contribution in [2.75, 3.05) is 0 Å². The molecule has 0 aliphatic heterocycles. The number of benzene rings is 2. The lowest BCUT2D eigenvalue weighted by molar-refractivity contribution is 0.449. The van der Waals surface area contributed by atoms with Crippen molar-refractivity contribution < 1.29 is 15.3 Å². The molecule has 0 aliphatic carbocycles. The Labute approximate surface area is 112 Å². The van der Waals surface area contributed by atoms with Crippen LogP contribution in [0.15, 0.2) is 30.3 Å². The Balaban J connectivity index is 2.72. The van der Waals surface area contributed by atoms with E-state index in [9.17, 15) is 15.3 Å². The molecule has 0 radical (unpaired) electrons. The Morgan fingerprint density at radius 3 is 2.05 bits per heavy atom. The molecule has 100 valence electrons. The zero-order valence-electron chi connectivity index (χ0n) is 11.1. The Bertz CT molecular complexity index is 603. The second-order valence-electron chi connectivity index (χ2n) is 4.52. The molecule has 0 saturated carbocycles. The summed E-state index contributed by atoms with van der Waals surface area (Å²) in [4.78, 5) is 0. The molecule has 0 heterocycles. The van der Waals surface area contributed by atoms with E-state index in [0.29, 0.717) is 11.1 Å². The van der Waals surface area contributed by atoms with E-state index in [1.54, 1.807) is 6.07 Å². The van der Waals surface area contributed by atoms with Gasteiger partial charge in [-0.05, 0) is 36.1 Å². The van der Waals surface area contributed by atoms with Gasteiger partial charge in [0.1, 0.15) is 17.2 Å². The first-order chi connectivity index (χ1) is 9.08. The first-order valence-electron chi connectivity index (χ1n) is 6.44. The minimum absolute atomic E-state index is 0.00503. The lowest BCUT2D eigenvalue weighted by Gasteiger charge is -2.15. The first-order valence-corrected chi connectivity index (χ1v) is 6.44. The van der Waals surface area contributed by atoms with Gasteiger partial charge in [-0.15, -0.1) is 0 Å². The van der Waals surface area contributed by atoms with Gasteiger partial charge in [-0.2, -0.15) is 0 Å². The maximum Gasteiger partial charge on any atom is 0.127 e. The average molecular weight is 258 g/mol. The van der Waals surface area contributed by atoms with Gasteiger partial charge in [0.2, 0.25) is 0 Å². The highest BCUT2D eigenvalue weighted by atomic mass is 16.3. The van der Waals surface area contributed by atoms with Crippen molar-refractivity contribution in [1.29, 1.82) is 0 Å². The molecule has 19 heavy (non-hydrogen) atoms. The molecule has 0 fully saturated rings. The van der Waals surface area contributed by atoms with E-state index in [1.807, 2.05) is 26.0 Å². The van der Waals surface area contributed by atoms with Crippen LogP contribution in [0.4, 0.5) is 0 Å². The second-order valence-corrected chi connectivity index (χ2v) is 4.52. The first kappa shape index (κ1) is 13.3. The lowest BCUT2D eigenvalue weighted by atomic mass is 9.93. The number of aromatic hydroxyl groups is 3. The summed E-state index contributed by atoms with van der Waals surface area (Å²) < 4.78 is 0. The van der Waals surface area contributed by atoms with Crippen molar-refractivity contribution in [2.24, 2.45) is 0 Å². The summed E-state index contributed by atoms with van der Waals surface area (Å²) in [5, 5.41) is 29.7. The van der Waals surface area contributed by atoms with Crippen LogP contribution < -0.4 is 0 Å². The second kappa shape index (κ2) is 5.22. The molecular formula is C16H18O3. The number of phenols is 3. The lowest BCUT2D eigenvalue weighted by Crippen LogP contribution is -1.93. The van der Waals surface area contributed by atoms with Gasteiger partial charge >= 0.3 is 0 Å². The van der Waals surface area contributed by atoms with Gasteiger partial charge in [0.15, 0.2) is 0 Å². The molecule has 0 spiro atoms. The SMILES string of the molecule is CCc1ccc(CC)c(-c2ccc(O)cc2O)c1O. The minimum Gasteiger partial charge on any atom is -0.508 e. The normalized spacial score (nSPS) is 10.6. The van der Waals surface area contributed by atoms with E-state index in [4.69, 9.17) is 0 Å². The predicted octanol–water partition coefficient (Wildman–Crippen LogP) is 3.60. The summed E-state index contributed by atoms with van der Waals surface area (Å²) in [7, 11) is 0. The van der Waals surface area contributed by atoms with E-state index in [0.717, 1.165) is 24.0 Å². The molecule has 2 aromatic carbocycles. The smallest absolute Gasteiger partial charge is 0.127 e. The van der Waals surface area contributed by atoms with E-state index < -0.39 is 0 Å². The molecule has 2 rings (SSSR count).